The van der Waals surface area contributed by atoms with Crippen molar-refractivity contribution in [2.75, 3.05) is 0 Å². The fraction of sp³-hybridized carbons (Fsp3) is 0.0189. The molecular formula is C53H34N2O. The molecular weight excluding hydrogens is 681 g/mol. The van der Waals surface area contributed by atoms with E-state index < -0.39 is 5.41 Å². The number of benzene rings is 8. The molecule has 0 saturated heterocycles. The highest BCUT2D eigenvalue weighted by atomic mass is 16.3. The van der Waals surface area contributed by atoms with Gasteiger partial charge in [0.25, 0.3) is 0 Å². The summed E-state index contributed by atoms with van der Waals surface area (Å²) >= 11 is 0. The fourth-order valence-corrected chi connectivity index (χ4v) is 8.90. The second kappa shape index (κ2) is 12.9. The van der Waals surface area contributed by atoms with Crippen LogP contribution in [0.3, 0.4) is 0 Å². The lowest BCUT2D eigenvalue weighted by Crippen LogP contribution is -2.28. The quantitative estimate of drug-likeness (QED) is 0.172. The number of rotatable bonds is 6. The van der Waals surface area contributed by atoms with E-state index in [-0.39, 0.29) is 0 Å². The van der Waals surface area contributed by atoms with Crippen LogP contribution in [-0.4, -0.2) is 9.97 Å². The second-order valence-corrected chi connectivity index (χ2v) is 14.5. The molecule has 262 valence electrons. The number of para-hydroxylation sites is 1. The molecule has 0 spiro atoms. The number of hydrogen-bond acceptors (Lipinski definition) is 3. The molecule has 0 radical (unpaired) electrons. The third kappa shape index (κ3) is 4.98. The van der Waals surface area contributed by atoms with Gasteiger partial charge in [-0.25, -0.2) is 9.97 Å². The molecule has 0 aliphatic heterocycles. The van der Waals surface area contributed by atoms with Gasteiger partial charge in [0.05, 0.1) is 16.8 Å². The zero-order valence-corrected chi connectivity index (χ0v) is 30.4. The number of nitrogens with zero attached hydrogens (tertiary/aromatic N) is 2. The van der Waals surface area contributed by atoms with Crippen LogP contribution in [0.5, 0.6) is 0 Å². The maximum atomic E-state index is 6.19. The van der Waals surface area contributed by atoms with Crippen LogP contribution in [0.2, 0.25) is 0 Å². The number of hydrogen-bond donors (Lipinski definition) is 0. The summed E-state index contributed by atoms with van der Waals surface area (Å²) in [4.78, 5) is 10.5. The first kappa shape index (κ1) is 32.1. The third-order valence-corrected chi connectivity index (χ3v) is 11.4. The summed E-state index contributed by atoms with van der Waals surface area (Å²) in [7, 11) is 0. The van der Waals surface area contributed by atoms with Crippen molar-refractivity contribution in [3.8, 4) is 56.2 Å². The van der Waals surface area contributed by atoms with Crippen LogP contribution in [-0.2, 0) is 5.41 Å². The van der Waals surface area contributed by atoms with Gasteiger partial charge in [0.1, 0.15) is 11.2 Å². The van der Waals surface area contributed by atoms with E-state index in [9.17, 15) is 0 Å². The Labute approximate surface area is 325 Å². The Morgan fingerprint density at radius 1 is 0.357 bits per heavy atom. The Hall–Kier alpha value is -7.36. The number of aromatic nitrogens is 2. The molecule has 0 fully saturated rings. The maximum Gasteiger partial charge on any atom is 0.160 e. The van der Waals surface area contributed by atoms with Gasteiger partial charge in [-0.05, 0) is 80.9 Å². The van der Waals surface area contributed by atoms with Gasteiger partial charge in [-0.3, -0.25) is 0 Å². The summed E-state index contributed by atoms with van der Waals surface area (Å²) in [5.41, 5.74) is 15.8. The highest BCUT2D eigenvalue weighted by Gasteiger charge is 2.47. The molecule has 3 heteroatoms. The minimum absolute atomic E-state index is 0.570. The first-order valence-electron chi connectivity index (χ1n) is 19.1. The normalized spacial score (nSPS) is 12.8. The highest BCUT2D eigenvalue weighted by Crippen LogP contribution is 2.58. The lowest BCUT2D eigenvalue weighted by atomic mass is 9.67. The molecule has 2 heterocycles. The van der Waals surface area contributed by atoms with Crippen LogP contribution in [0.1, 0.15) is 22.3 Å². The highest BCUT2D eigenvalue weighted by molar-refractivity contribution is 6.06. The van der Waals surface area contributed by atoms with Gasteiger partial charge < -0.3 is 4.42 Å². The molecule has 56 heavy (non-hydrogen) atoms. The molecule has 11 rings (SSSR count). The molecule has 0 unspecified atom stereocenters. The standard InChI is InChI=1S/C53H34N2O/c1-5-16-35(17-6-1)41-25-15-26-45-51(41)43-30-28-38(33-46(43)53(45,39-20-9-3-10-21-39)40-22-11-4-12-23-40)48-34-47(54-52(55-48)36-18-7-2-8-19-36)37-29-31-50-44(32-37)42-24-13-14-27-49(42)56-50/h1-34H. The molecule has 0 amide bonds. The molecule has 1 aliphatic rings. The Balaban J connectivity index is 1.18. The largest absolute Gasteiger partial charge is 0.456 e. The van der Waals surface area contributed by atoms with E-state index in [2.05, 4.69) is 176 Å². The van der Waals surface area contributed by atoms with E-state index in [1.165, 1.54) is 44.5 Å². The molecule has 8 aromatic carbocycles. The molecule has 1 aliphatic carbocycles. The topological polar surface area (TPSA) is 38.9 Å². The lowest BCUT2D eigenvalue weighted by molar-refractivity contribution is 0.669. The van der Waals surface area contributed by atoms with Crippen molar-refractivity contribution >= 4 is 21.9 Å². The van der Waals surface area contributed by atoms with E-state index in [0.29, 0.717) is 5.82 Å². The summed E-state index contributed by atoms with van der Waals surface area (Å²) in [5, 5.41) is 2.16. The summed E-state index contributed by atoms with van der Waals surface area (Å²) in [5.74, 6) is 0.683. The maximum absolute atomic E-state index is 6.19. The van der Waals surface area contributed by atoms with Crippen LogP contribution in [0, 0.1) is 0 Å². The molecule has 0 saturated carbocycles. The van der Waals surface area contributed by atoms with Gasteiger partial charge in [0, 0.05) is 27.5 Å². The van der Waals surface area contributed by atoms with Crippen molar-refractivity contribution in [3.05, 3.63) is 229 Å². The smallest absolute Gasteiger partial charge is 0.160 e. The Morgan fingerprint density at radius 2 is 0.929 bits per heavy atom. The average molecular weight is 715 g/mol. The third-order valence-electron chi connectivity index (χ3n) is 11.4. The zero-order valence-electron chi connectivity index (χ0n) is 30.4. The van der Waals surface area contributed by atoms with Crippen LogP contribution in [0.15, 0.2) is 211 Å². The number of furan rings is 1. The van der Waals surface area contributed by atoms with Crippen LogP contribution in [0.4, 0.5) is 0 Å². The Kier molecular flexibility index (Phi) is 7.39. The molecule has 0 N–H and O–H groups in total. The summed E-state index contributed by atoms with van der Waals surface area (Å²) in [6, 6.07) is 73.4. The molecule has 10 aromatic rings. The van der Waals surface area contributed by atoms with Crippen molar-refractivity contribution in [1.29, 1.82) is 0 Å². The van der Waals surface area contributed by atoms with E-state index in [1.54, 1.807) is 0 Å². The Morgan fingerprint density at radius 3 is 1.62 bits per heavy atom. The summed E-state index contributed by atoms with van der Waals surface area (Å²) < 4.78 is 6.19. The lowest BCUT2D eigenvalue weighted by Gasteiger charge is -2.34. The molecule has 0 bridgehead atoms. The van der Waals surface area contributed by atoms with Crippen LogP contribution < -0.4 is 0 Å². The van der Waals surface area contributed by atoms with Gasteiger partial charge >= 0.3 is 0 Å². The van der Waals surface area contributed by atoms with E-state index in [1.807, 2.05) is 30.3 Å². The van der Waals surface area contributed by atoms with E-state index in [0.717, 1.165) is 50.0 Å². The van der Waals surface area contributed by atoms with E-state index >= 15 is 0 Å². The summed E-state index contributed by atoms with van der Waals surface area (Å²) in [6.07, 6.45) is 0. The van der Waals surface area contributed by atoms with Gasteiger partial charge in [-0.1, -0.05) is 170 Å². The van der Waals surface area contributed by atoms with Crippen molar-refractivity contribution < 1.29 is 4.42 Å². The fourth-order valence-electron chi connectivity index (χ4n) is 8.90. The molecule has 0 atom stereocenters. The predicted molar refractivity (Wildman–Crippen MR) is 228 cm³/mol. The average Bonchev–Trinajstić information content (AvgIpc) is 3.80. The molecule has 3 nitrogen and oxygen atoms in total. The first-order valence-corrected chi connectivity index (χ1v) is 19.1. The van der Waals surface area contributed by atoms with Gasteiger partial charge in [0.2, 0.25) is 0 Å². The van der Waals surface area contributed by atoms with Gasteiger partial charge in [-0.15, -0.1) is 0 Å². The van der Waals surface area contributed by atoms with Crippen molar-refractivity contribution in [2.45, 2.75) is 5.41 Å². The first-order chi connectivity index (χ1) is 27.8. The van der Waals surface area contributed by atoms with Crippen molar-refractivity contribution in [3.63, 3.8) is 0 Å². The van der Waals surface area contributed by atoms with Crippen LogP contribution >= 0.6 is 0 Å². The monoisotopic (exact) mass is 714 g/mol. The van der Waals surface area contributed by atoms with Gasteiger partial charge in [-0.2, -0.15) is 0 Å². The van der Waals surface area contributed by atoms with Crippen LogP contribution in [0.25, 0.3) is 78.1 Å². The predicted octanol–water partition coefficient (Wildman–Crippen LogP) is 13.4. The number of fused-ring (bicyclic) bond motifs is 6. The van der Waals surface area contributed by atoms with E-state index in [4.69, 9.17) is 14.4 Å². The Bertz CT molecular complexity index is 3020. The zero-order chi connectivity index (χ0) is 37.1. The molecule has 2 aromatic heterocycles. The summed E-state index contributed by atoms with van der Waals surface area (Å²) in [6.45, 7) is 0. The minimum Gasteiger partial charge on any atom is -0.456 e. The van der Waals surface area contributed by atoms with Crippen molar-refractivity contribution in [1.82, 2.24) is 9.97 Å². The SMILES string of the molecule is c1ccc(-c2nc(-c3ccc4c(c3)C(c3ccccc3)(c3ccccc3)c3cccc(-c5ccccc5)c3-4)cc(-c3ccc4oc5ccccc5c4c3)n2)cc1. The van der Waals surface area contributed by atoms with Gasteiger partial charge in [0.15, 0.2) is 5.82 Å². The minimum atomic E-state index is -0.570. The second-order valence-electron chi connectivity index (χ2n) is 14.5. The van der Waals surface area contributed by atoms with Crippen molar-refractivity contribution in [2.24, 2.45) is 0 Å².